The number of nitrogens with zero attached hydrogens (tertiary/aromatic N) is 1. The number of ether oxygens (including phenoxy) is 1. The minimum Gasteiger partial charge on any atom is -0.428 e. The van der Waals surface area contributed by atoms with E-state index in [4.69, 9.17) is 0 Å². The predicted octanol–water partition coefficient (Wildman–Crippen LogP) is 6.65. The summed E-state index contributed by atoms with van der Waals surface area (Å²) < 4.78 is 113. The molecule has 32 heavy (non-hydrogen) atoms. The zero-order valence-corrected chi connectivity index (χ0v) is 16.3. The van der Waals surface area contributed by atoms with Crippen molar-refractivity contribution in [2.24, 2.45) is 0 Å². The molecule has 1 aromatic heterocycles. The van der Waals surface area contributed by atoms with E-state index in [0.29, 0.717) is 24.5 Å². The van der Waals surface area contributed by atoms with Crippen molar-refractivity contribution in [2.45, 2.75) is 32.1 Å². The van der Waals surface area contributed by atoms with Crippen molar-refractivity contribution in [1.29, 1.82) is 0 Å². The number of fused-ring (bicyclic) bond motifs is 1. The molecule has 0 aliphatic heterocycles. The first-order chi connectivity index (χ1) is 14.9. The van der Waals surface area contributed by atoms with Gasteiger partial charge in [-0.05, 0) is 35.6 Å². The number of rotatable bonds is 5. The SMILES string of the molecule is CCCc1ccc(C(F)(F)Oc2cc(F)c3c(F)c(C#CC(F)(F)F)c(F)cc3c2)nc1. The average Bonchev–Trinajstić information content (AvgIpc) is 2.66. The summed E-state index contributed by atoms with van der Waals surface area (Å²) in [5, 5.41) is -1.47. The van der Waals surface area contributed by atoms with Crippen LogP contribution in [0.2, 0.25) is 0 Å². The van der Waals surface area contributed by atoms with Crippen LogP contribution in [-0.4, -0.2) is 11.2 Å². The third-order valence-corrected chi connectivity index (χ3v) is 4.29. The molecule has 168 valence electrons. The van der Waals surface area contributed by atoms with Crippen LogP contribution in [0.4, 0.5) is 35.1 Å². The first-order valence-electron chi connectivity index (χ1n) is 9.14. The second-order valence-electron chi connectivity index (χ2n) is 6.72. The molecule has 3 rings (SSSR count). The third kappa shape index (κ3) is 5.10. The Morgan fingerprint density at radius 2 is 1.69 bits per heavy atom. The summed E-state index contributed by atoms with van der Waals surface area (Å²) in [5.74, 6) is -3.47. The second kappa shape index (κ2) is 8.65. The van der Waals surface area contributed by atoms with Crippen LogP contribution in [0.3, 0.4) is 0 Å². The molecule has 2 aromatic carbocycles. The van der Waals surface area contributed by atoms with Crippen LogP contribution >= 0.6 is 0 Å². The standard InChI is InChI=1S/C22H13F8NO/c1-2-3-12-4-5-18(31-11-12)22(29,30)32-14-8-13-9-16(23)15(6-7-21(26,27)28)20(25)19(13)17(24)10-14/h4-5,8-11H,2-3H2,1H3. The molecule has 0 amide bonds. The quantitative estimate of drug-likeness (QED) is 0.315. The number of pyridine rings is 1. The Labute approximate surface area is 176 Å². The van der Waals surface area contributed by atoms with Crippen molar-refractivity contribution in [3.05, 3.63) is 70.8 Å². The molecule has 0 aliphatic rings. The molecule has 0 radical (unpaired) electrons. The average molecular weight is 459 g/mol. The molecule has 0 unspecified atom stereocenters. The molecule has 1 heterocycles. The van der Waals surface area contributed by atoms with Gasteiger partial charge in [0, 0.05) is 18.2 Å². The smallest absolute Gasteiger partial charge is 0.428 e. The van der Waals surface area contributed by atoms with Crippen LogP contribution in [0.25, 0.3) is 10.8 Å². The highest BCUT2D eigenvalue weighted by Crippen LogP contribution is 2.35. The van der Waals surface area contributed by atoms with E-state index in [-0.39, 0.29) is 0 Å². The summed E-state index contributed by atoms with van der Waals surface area (Å²) in [6.45, 7) is 1.90. The number of aryl methyl sites for hydroxylation is 1. The Kier molecular flexibility index (Phi) is 6.30. The first-order valence-corrected chi connectivity index (χ1v) is 9.14. The van der Waals surface area contributed by atoms with Crippen LogP contribution in [0.1, 0.15) is 30.2 Å². The summed E-state index contributed by atoms with van der Waals surface area (Å²) in [5.41, 5.74) is -1.35. The maximum atomic E-state index is 14.5. The van der Waals surface area contributed by atoms with E-state index >= 15 is 0 Å². The van der Waals surface area contributed by atoms with Gasteiger partial charge in [0.05, 0.1) is 10.9 Å². The van der Waals surface area contributed by atoms with E-state index in [1.165, 1.54) is 18.2 Å². The highest BCUT2D eigenvalue weighted by Gasteiger charge is 2.36. The Morgan fingerprint density at radius 1 is 0.969 bits per heavy atom. The highest BCUT2D eigenvalue weighted by atomic mass is 19.4. The van der Waals surface area contributed by atoms with Crippen molar-refractivity contribution in [2.75, 3.05) is 0 Å². The summed E-state index contributed by atoms with van der Waals surface area (Å²) >= 11 is 0. The minimum absolute atomic E-state index is 0.406. The van der Waals surface area contributed by atoms with Gasteiger partial charge in [-0.3, -0.25) is 4.98 Å². The van der Waals surface area contributed by atoms with Crippen molar-refractivity contribution < 1.29 is 39.9 Å². The molecule has 0 atom stereocenters. The van der Waals surface area contributed by atoms with Crippen LogP contribution in [0, 0.1) is 29.3 Å². The predicted molar refractivity (Wildman–Crippen MR) is 99.5 cm³/mol. The van der Waals surface area contributed by atoms with Gasteiger partial charge in [-0.1, -0.05) is 25.3 Å². The normalized spacial score (nSPS) is 11.9. The Hall–Kier alpha value is -3.35. The van der Waals surface area contributed by atoms with E-state index in [2.05, 4.69) is 9.72 Å². The molecule has 0 N–H and O–H groups in total. The lowest BCUT2D eigenvalue weighted by Crippen LogP contribution is -2.23. The molecule has 0 bridgehead atoms. The molecule has 0 spiro atoms. The summed E-state index contributed by atoms with van der Waals surface area (Å²) in [4.78, 5) is 3.63. The number of aromatic nitrogens is 1. The molecule has 0 aliphatic carbocycles. The number of alkyl halides is 5. The molecule has 3 aromatic rings. The highest BCUT2D eigenvalue weighted by molar-refractivity contribution is 5.87. The van der Waals surface area contributed by atoms with Crippen molar-refractivity contribution in [3.8, 4) is 17.6 Å². The molecular formula is C22H13F8NO. The van der Waals surface area contributed by atoms with E-state index in [1.54, 1.807) is 0 Å². The molecule has 0 saturated heterocycles. The van der Waals surface area contributed by atoms with E-state index < -0.39 is 57.5 Å². The van der Waals surface area contributed by atoms with Gasteiger partial charge in [-0.2, -0.15) is 22.0 Å². The van der Waals surface area contributed by atoms with Crippen molar-refractivity contribution >= 4 is 10.8 Å². The summed E-state index contributed by atoms with van der Waals surface area (Å²) in [7, 11) is 0. The fourth-order valence-electron chi connectivity index (χ4n) is 2.93. The van der Waals surface area contributed by atoms with E-state index in [1.807, 2.05) is 6.92 Å². The third-order valence-electron chi connectivity index (χ3n) is 4.29. The lowest BCUT2D eigenvalue weighted by atomic mass is 10.0. The maximum absolute atomic E-state index is 14.5. The minimum atomic E-state index is -5.03. The second-order valence-corrected chi connectivity index (χ2v) is 6.72. The van der Waals surface area contributed by atoms with Gasteiger partial charge in [-0.25, -0.2) is 13.2 Å². The Balaban J connectivity index is 1.99. The van der Waals surface area contributed by atoms with Gasteiger partial charge in [0.25, 0.3) is 0 Å². The van der Waals surface area contributed by atoms with Gasteiger partial charge in [0.15, 0.2) is 11.5 Å². The van der Waals surface area contributed by atoms with Crippen LogP contribution in [0.5, 0.6) is 5.75 Å². The monoisotopic (exact) mass is 459 g/mol. The van der Waals surface area contributed by atoms with Gasteiger partial charge >= 0.3 is 12.3 Å². The van der Waals surface area contributed by atoms with Crippen LogP contribution in [0.15, 0.2) is 36.5 Å². The van der Waals surface area contributed by atoms with E-state index in [0.717, 1.165) is 24.1 Å². The molecule has 0 fully saturated rings. The fourth-order valence-corrected chi connectivity index (χ4v) is 2.93. The van der Waals surface area contributed by atoms with Gasteiger partial charge in [0.2, 0.25) is 0 Å². The largest absolute Gasteiger partial charge is 0.458 e. The lowest BCUT2D eigenvalue weighted by Gasteiger charge is -2.18. The number of halogens is 8. The topological polar surface area (TPSA) is 22.1 Å². The van der Waals surface area contributed by atoms with E-state index in [9.17, 15) is 35.1 Å². The number of hydrogen-bond donors (Lipinski definition) is 0. The zero-order chi connectivity index (χ0) is 23.7. The number of hydrogen-bond acceptors (Lipinski definition) is 2. The molecular weight excluding hydrogens is 446 g/mol. The van der Waals surface area contributed by atoms with Gasteiger partial charge < -0.3 is 4.74 Å². The summed E-state index contributed by atoms with van der Waals surface area (Å²) in [6.07, 6.45) is -6.38. The van der Waals surface area contributed by atoms with Gasteiger partial charge in [0.1, 0.15) is 17.4 Å². The van der Waals surface area contributed by atoms with Crippen molar-refractivity contribution in [3.63, 3.8) is 0 Å². The van der Waals surface area contributed by atoms with Crippen molar-refractivity contribution in [1.82, 2.24) is 4.98 Å². The maximum Gasteiger partial charge on any atom is 0.458 e. The van der Waals surface area contributed by atoms with Crippen LogP contribution < -0.4 is 4.74 Å². The summed E-state index contributed by atoms with van der Waals surface area (Å²) in [6, 6.07) is 4.07. The molecule has 0 saturated carbocycles. The van der Waals surface area contributed by atoms with Crippen LogP contribution in [-0.2, 0) is 12.5 Å². The lowest BCUT2D eigenvalue weighted by molar-refractivity contribution is -0.188. The first kappa shape index (κ1) is 23.3. The molecule has 10 heteroatoms. The fraction of sp³-hybridized carbons (Fsp3) is 0.227. The molecule has 2 nitrogen and oxygen atoms in total. The number of benzene rings is 2. The Morgan fingerprint density at radius 3 is 2.28 bits per heavy atom. The Bertz CT molecular complexity index is 1210. The van der Waals surface area contributed by atoms with Gasteiger partial charge in [-0.15, -0.1) is 0 Å². The zero-order valence-electron chi connectivity index (χ0n) is 16.3.